The largest absolute Gasteiger partial charge is 0.503 e. The monoisotopic (exact) mass is 458 g/mol. The van der Waals surface area contributed by atoms with E-state index in [2.05, 4.69) is 21.2 Å². The quantitative estimate of drug-likeness (QED) is 0.535. The highest BCUT2D eigenvalue weighted by Gasteiger charge is 2.37. The van der Waals surface area contributed by atoms with Crippen LogP contribution in [0.1, 0.15) is 23.6 Å². The number of hydrogen-bond acceptors (Lipinski definition) is 5. The van der Waals surface area contributed by atoms with E-state index >= 15 is 0 Å². The smallest absolute Gasteiger partial charge is 0.335 e. The number of benzene rings is 2. The number of phenolic OH excluding ortho intramolecular Hbond substituents is 1. The lowest BCUT2D eigenvalue weighted by molar-refractivity contribution is -0.122. The summed E-state index contributed by atoms with van der Waals surface area (Å²) in [5.41, 5.74) is 2.25. The van der Waals surface area contributed by atoms with Gasteiger partial charge in [0, 0.05) is 0 Å². The maximum atomic E-state index is 13.1. The fourth-order valence-corrected chi connectivity index (χ4v) is 3.41. The molecule has 0 aliphatic carbocycles. The molecule has 1 saturated heterocycles. The van der Waals surface area contributed by atoms with Crippen molar-refractivity contribution < 1.29 is 24.2 Å². The Balaban J connectivity index is 2.07. The number of rotatable bonds is 4. The predicted molar refractivity (Wildman–Crippen MR) is 112 cm³/mol. The highest BCUT2D eigenvalue weighted by Crippen LogP contribution is 2.36. The van der Waals surface area contributed by atoms with Gasteiger partial charge in [-0.2, -0.15) is 0 Å². The van der Waals surface area contributed by atoms with Gasteiger partial charge in [-0.25, -0.2) is 9.69 Å². The Morgan fingerprint density at radius 1 is 1.17 bits per heavy atom. The number of anilines is 1. The molecule has 4 amide bonds. The Morgan fingerprint density at radius 2 is 1.90 bits per heavy atom. The summed E-state index contributed by atoms with van der Waals surface area (Å²) in [5.74, 6) is -1.39. The lowest BCUT2D eigenvalue weighted by Gasteiger charge is -2.27. The van der Waals surface area contributed by atoms with Gasteiger partial charge in [-0.3, -0.25) is 14.9 Å². The number of halogens is 1. The first-order valence-electron chi connectivity index (χ1n) is 8.87. The molecule has 0 saturated carbocycles. The molecule has 3 rings (SSSR count). The van der Waals surface area contributed by atoms with Crippen LogP contribution >= 0.6 is 15.9 Å². The molecule has 1 heterocycles. The topological polar surface area (TPSA) is 95.9 Å². The number of aromatic hydroxyl groups is 1. The molecule has 0 atom stereocenters. The van der Waals surface area contributed by atoms with Crippen LogP contribution in [0, 0.1) is 13.8 Å². The van der Waals surface area contributed by atoms with Crippen molar-refractivity contribution in [3.8, 4) is 11.5 Å². The van der Waals surface area contributed by atoms with Crippen molar-refractivity contribution in [1.82, 2.24) is 5.32 Å². The Morgan fingerprint density at radius 3 is 2.59 bits per heavy atom. The van der Waals surface area contributed by atoms with Gasteiger partial charge in [-0.05, 0) is 77.7 Å². The number of urea groups is 1. The van der Waals surface area contributed by atoms with Gasteiger partial charge < -0.3 is 9.84 Å². The summed E-state index contributed by atoms with van der Waals surface area (Å²) < 4.78 is 5.73. The number of carbonyl (C=O) groups excluding carboxylic acids is 3. The van der Waals surface area contributed by atoms with Crippen LogP contribution in [-0.2, 0) is 9.59 Å². The molecular weight excluding hydrogens is 440 g/mol. The van der Waals surface area contributed by atoms with Crippen LogP contribution in [0.15, 0.2) is 40.4 Å². The van der Waals surface area contributed by atoms with E-state index in [9.17, 15) is 19.5 Å². The lowest BCUT2D eigenvalue weighted by atomic mass is 10.0. The van der Waals surface area contributed by atoms with Gasteiger partial charge in [0.25, 0.3) is 11.8 Å². The van der Waals surface area contributed by atoms with Crippen LogP contribution in [0.4, 0.5) is 10.5 Å². The molecule has 0 aromatic heterocycles. The van der Waals surface area contributed by atoms with Crippen molar-refractivity contribution in [2.24, 2.45) is 0 Å². The summed E-state index contributed by atoms with van der Waals surface area (Å²) in [7, 11) is 0. The molecule has 29 heavy (non-hydrogen) atoms. The number of carbonyl (C=O) groups is 3. The molecule has 150 valence electrons. The summed E-state index contributed by atoms with van der Waals surface area (Å²) in [6.45, 7) is 5.72. The molecule has 8 heteroatoms. The number of aryl methyl sites for hydroxylation is 2. The van der Waals surface area contributed by atoms with Crippen molar-refractivity contribution >= 4 is 45.5 Å². The molecule has 1 aliphatic heterocycles. The van der Waals surface area contributed by atoms with Crippen LogP contribution in [0.25, 0.3) is 6.08 Å². The fraction of sp³-hybridized carbons (Fsp3) is 0.190. The molecule has 2 N–H and O–H groups in total. The lowest BCUT2D eigenvalue weighted by Crippen LogP contribution is -2.54. The van der Waals surface area contributed by atoms with Crippen LogP contribution in [0.3, 0.4) is 0 Å². The van der Waals surface area contributed by atoms with E-state index in [0.29, 0.717) is 22.3 Å². The maximum absolute atomic E-state index is 13.1. The molecule has 1 aliphatic rings. The minimum absolute atomic E-state index is 0.0828. The molecule has 0 spiro atoms. The highest BCUT2D eigenvalue weighted by atomic mass is 79.9. The first-order valence-corrected chi connectivity index (χ1v) is 9.66. The third kappa shape index (κ3) is 4.02. The fourth-order valence-electron chi connectivity index (χ4n) is 2.95. The zero-order valence-corrected chi connectivity index (χ0v) is 17.7. The number of phenols is 1. The van der Waals surface area contributed by atoms with E-state index in [0.717, 1.165) is 16.0 Å². The van der Waals surface area contributed by atoms with E-state index in [1.54, 1.807) is 32.0 Å². The Kier molecular flexibility index (Phi) is 5.74. The molecule has 2 aromatic carbocycles. The third-order valence-corrected chi connectivity index (χ3v) is 4.97. The summed E-state index contributed by atoms with van der Waals surface area (Å²) in [4.78, 5) is 38.8. The molecule has 1 fully saturated rings. The molecule has 2 aromatic rings. The normalized spacial score (nSPS) is 15.7. The zero-order valence-electron chi connectivity index (χ0n) is 16.1. The van der Waals surface area contributed by atoms with Gasteiger partial charge in [-0.15, -0.1) is 0 Å². The van der Waals surface area contributed by atoms with Gasteiger partial charge in [0.05, 0.1) is 16.8 Å². The summed E-state index contributed by atoms with van der Waals surface area (Å²) in [5, 5.41) is 12.3. The average Bonchev–Trinajstić information content (AvgIpc) is 2.65. The standard InChI is InChI=1S/C21H19BrN2O5/c1-4-29-17-10-13(9-15(22)18(17)25)8-14-19(26)23-21(28)24(20(14)27)16-7-11(2)5-6-12(16)3/h5-10,25H,4H2,1-3H3,(H,23,26,28)/b14-8+. The number of nitrogens with one attached hydrogen (secondary N) is 1. The van der Waals surface area contributed by atoms with Crippen molar-refractivity contribution in [3.05, 3.63) is 57.1 Å². The molecule has 7 nitrogen and oxygen atoms in total. The van der Waals surface area contributed by atoms with Gasteiger partial charge in [0.2, 0.25) is 0 Å². The molecule has 0 unspecified atom stereocenters. The molecule has 0 radical (unpaired) electrons. The van der Waals surface area contributed by atoms with Gasteiger partial charge in [-0.1, -0.05) is 12.1 Å². The first kappa shape index (κ1) is 20.6. The van der Waals surface area contributed by atoms with Crippen LogP contribution in [0.2, 0.25) is 0 Å². The molecular formula is C21H19BrN2O5. The number of barbiturate groups is 1. The minimum atomic E-state index is -0.798. The second-order valence-electron chi connectivity index (χ2n) is 6.53. The predicted octanol–water partition coefficient (Wildman–Crippen LogP) is 3.84. The van der Waals surface area contributed by atoms with Crippen LogP contribution in [0.5, 0.6) is 11.5 Å². The highest BCUT2D eigenvalue weighted by molar-refractivity contribution is 9.10. The number of hydrogen-bond donors (Lipinski definition) is 2. The maximum Gasteiger partial charge on any atom is 0.335 e. The van der Waals surface area contributed by atoms with Crippen LogP contribution < -0.4 is 15.0 Å². The number of imide groups is 2. The average molecular weight is 459 g/mol. The zero-order chi connectivity index (χ0) is 21.3. The van der Waals surface area contributed by atoms with Crippen LogP contribution in [-0.4, -0.2) is 29.6 Å². The van der Waals surface area contributed by atoms with Gasteiger partial charge >= 0.3 is 6.03 Å². The van der Waals surface area contributed by atoms with E-state index in [4.69, 9.17) is 4.74 Å². The van der Waals surface area contributed by atoms with Crippen molar-refractivity contribution in [3.63, 3.8) is 0 Å². The summed E-state index contributed by atoms with van der Waals surface area (Å²) in [6.07, 6.45) is 1.36. The van der Waals surface area contributed by atoms with E-state index in [1.807, 2.05) is 13.0 Å². The number of amides is 4. The summed E-state index contributed by atoms with van der Waals surface area (Å²) >= 11 is 3.23. The van der Waals surface area contributed by atoms with Gasteiger partial charge in [0.15, 0.2) is 11.5 Å². The third-order valence-electron chi connectivity index (χ3n) is 4.37. The number of ether oxygens (including phenoxy) is 1. The van der Waals surface area contributed by atoms with E-state index < -0.39 is 17.8 Å². The van der Waals surface area contributed by atoms with E-state index in [1.165, 1.54) is 12.1 Å². The van der Waals surface area contributed by atoms with Crippen molar-refractivity contribution in [2.45, 2.75) is 20.8 Å². The number of nitrogens with zero attached hydrogens (tertiary/aromatic N) is 1. The van der Waals surface area contributed by atoms with E-state index in [-0.39, 0.29) is 17.1 Å². The van der Waals surface area contributed by atoms with Crippen molar-refractivity contribution in [1.29, 1.82) is 0 Å². The minimum Gasteiger partial charge on any atom is -0.503 e. The second kappa shape index (κ2) is 8.08. The Labute approximate surface area is 176 Å². The summed E-state index contributed by atoms with van der Waals surface area (Å²) in [6, 6.07) is 7.64. The van der Waals surface area contributed by atoms with Crippen molar-refractivity contribution in [2.75, 3.05) is 11.5 Å². The first-order chi connectivity index (χ1) is 13.7. The second-order valence-corrected chi connectivity index (χ2v) is 7.38. The SMILES string of the molecule is CCOc1cc(/C=C2\C(=O)NC(=O)N(c3cc(C)ccc3C)C2=O)cc(Br)c1O. The van der Waals surface area contributed by atoms with Gasteiger partial charge in [0.1, 0.15) is 5.57 Å². The molecule has 0 bridgehead atoms. The Bertz CT molecular complexity index is 1060. The Hall–Kier alpha value is -3.13.